The van der Waals surface area contributed by atoms with Gasteiger partial charge < -0.3 is 25.3 Å². The number of fused-ring (bicyclic) bond motifs is 2. The molecular weight excluding hydrogens is 466 g/mol. The Morgan fingerprint density at radius 2 is 1.97 bits per heavy atom. The minimum absolute atomic E-state index is 0.0972. The molecule has 0 unspecified atom stereocenters. The highest BCUT2D eigenvalue weighted by Crippen LogP contribution is 2.42. The number of H-pyrrole nitrogens is 1. The summed E-state index contributed by atoms with van der Waals surface area (Å²) in [6, 6.07) is 4.27. The number of hydrogen-bond acceptors (Lipinski definition) is 9. The lowest BCUT2D eigenvalue weighted by molar-refractivity contribution is 0.0974. The highest BCUT2D eigenvalue weighted by atomic mass is 16.5. The molecule has 4 aliphatic heterocycles. The quantitative estimate of drug-likeness (QED) is 0.552. The van der Waals surface area contributed by atoms with Gasteiger partial charge in [-0.05, 0) is 38.3 Å². The molecule has 10 nitrogen and oxygen atoms in total. The molecular formula is C27H33N9O. The van der Waals surface area contributed by atoms with Gasteiger partial charge >= 0.3 is 0 Å². The van der Waals surface area contributed by atoms with Crippen molar-refractivity contribution >= 4 is 17.3 Å². The van der Waals surface area contributed by atoms with Crippen molar-refractivity contribution in [1.29, 1.82) is 0 Å². The summed E-state index contributed by atoms with van der Waals surface area (Å²) < 4.78 is 5.89. The lowest BCUT2D eigenvalue weighted by atomic mass is 9.73. The summed E-state index contributed by atoms with van der Waals surface area (Å²) in [7, 11) is 0. The number of nitrogens with one attached hydrogen (secondary N) is 1. The molecule has 2 saturated heterocycles. The van der Waals surface area contributed by atoms with Crippen molar-refractivity contribution in [3.05, 3.63) is 47.8 Å². The van der Waals surface area contributed by atoms with Crippen molar-refractivity contribution in [2.45, 2.75) is 57.7 Å². The third kappa shape index (κ3) is 3.65. The Labute approximate surface area is 216 Å². The molecule has 7 heterocycles. The zero-order valence-corrected chi connectivity index (χ0v) is 21.4. The third-order valence-electron chi connectivity index (χ3n) is 8.79. The van der Waals surface area contributed by atoms with Crippen LogP contribution in [0.25, 0.3) is 11.5 Å². The van der Waals surface area contributed by atoms with Gasteiger partial charge in [0.2, 0.25) is 0 Å². The minimum atomic E-state index is 0.0972. The molecule has 0 bridgehead atoms. The first-order valence-electron chi connectivity index (χ1n) is 13.3. The molecule has 0 aromatic carbocycles. The number of aromatic nitrogens is 5. The molecule has 3 atom stereocenters. The van der Waals surface area contributed by atoms with E-state index in [2.05, 4.69) is 39.7 Å². The first-order valence-corrected chi connectivity index (χ1v) is 13.3. The van der Waals surface area contributed by atoms with Crippen molar-refractivity contribution in [3.8, 4) is 11.5 Å². The zero-order valence-electron chi connectivity index (χ0n) is 21.4. The molecule has 192 valence electrons. The van der Waals surface area contributed by atoms with Crippen LogP contribution in [0.2, 0.25) is 0 Å². The molecule has 2 fully saturated rings. The van der Waals surface area contributed by atoms with E-state index in [4.69, 9.17) is 30.4 Å². The predicted octanol–water partition coefficient (Wildman–Crippen LogP) is 2.87. The Morgan fingerprint density at radius 3 is 2.73 bits per heavy atom. The van der Waals surface area contributed by atoms with Crippen molar-refractivity contribution in [1.82, 2.24) is 24.9 Å². The van der Waals surface area contributed by atoms with E-state index in [1.165, 1.54) is 0 Å². The number of ether oxygens (including phenoxy) is 1. The van der Waals surface area contributed by atoms with Gasteiger partial charge in [0.1, 0.15) is 17.2 Å². The van der Waals surface area contributed by atoms with Crippen LogP contribution in [0.1, 0.15) is 56.1 Å². The number of nitrogens with two attached hydrogens (primary N) is 1. The number of aliphatic imine (C=N–C) groups is 1. The first kappa shape index (κ1) is 22.8. The average molecular weight is 500 g/mol. The number of anilines is 2. The van der Waals surface area contributed by atoms with Crippen molar-refractivity contribution in [2.24, 2.45) is 16.1 Å². The number of aromatic amines is 1. The average Bonchev–Trinajstić information content (AvgIpc) is 3.67. The maximum absolute atomic E-state index is 6.51. The highest BCUT2D eigenvalue weighted by Gasteiger charge is 2.47. The van der Waals surface area contributed by atoms with Gasteiger partial charge in [0.05, 0.1) is 42.5 Å². The van der Waals surface area contributed by atoms with E-state index in [1.807, 2.05) is 18.5 Å². The van der Waals surface area contributed by atoms with Crippen molar-refractivity contribution < 1.29 is 4.74 Å². The highest BCUT2D eigenvalue weighted by molar-refractivity contribution is 6.11. The number of pyridine rings is 1. The van der Waals surface area contributed by atoms with Crippen LogP contribution < -0.4 is 15.5 Å². The van der Waals surface area contributed by atoms with E-state index in [-0.39, 0.29) is 17.6 Å². The smallest absolute Gasteiger partial charge is 0.156 e. The summed E-state index contributed by atoms with van der Waals surface area (Å²) in [5.74, 6) is 2.98. The molecule has 3 aromatic heterocycles. The fraction of sp³-hybridized carbons (Fsp3) is 0.519. The van der Waals surface area contributed by atoms with Gasteiger partial charge in [-0.1, -0.05) is 6.92 Å². The molecule has 1 spiro atoms. The molecule has 3 N–H and O–H groups in total. The summed E-state index contributed by atoms with van der Waals surface area (Å²) in [6.45, 7) is 8.37. The van der Waals surface area contributed by atoms with Gasteiger partial charge in [0, 0.05) is 49.4 Å². The van der Waals surface area contributed by atoms with Crippen LogP contribution in [-0.4, -0.2) is 69.1 Å². The zero-order chi connectivity index (χ0) is 25.1. The van der Waals surface area contributed by atoms with Crippen LogP contribution >= 0.6 is 0 Å². The van der Waals surface area contributed by atoms with Crippen molar-refractivity contribution in [3.63, 3.8) is 0 Å². The van der Waals surface area contributed by atoms with Crippen molar-refractivity contribution in [2.75, 3.05) is 36.0 Å². The van der Waals surface area contributed by atoms with E-state index >= 15 is 0 Å². The van der Waals surface area contributed by atoms with Gasteiger partial charge in [0.15, 0.2) is 11.7 Å². The number of rotatable bonds is 2. The SMILES string of the molecule is C[C@@H]1OCC2(CCN(c3cnc4c(n3)CN=C4N3CC[C@H](C)c4nc(-c5ncc[nH]5)ccc43)CC2)[C@@H]1N. The Hall–Kier alpha value is -3.37. The first-order chi connectivity index (χ1) is 18.0. The molecule has 7 rings (SSSR count). The summed E-state index contributed by atoms with van der Waals surface area (Å²) in [5, 5.41) is 0. The molecule has 0 amide bonds. The molecule has 3 aromatic rings. The standard InChI is InChI=1S/C27H33N9O/c1-16-5-10-36(20-4-3-18(34-22(16)20)25-29-8-9-30-25)26-23-19(13-32-26)33-21(14-31-23)35-11-6-27(7-12-35)15-37-17(2)24(27)28/h3-4,8-9,14,16-17,24H,5-7,10-13,15,28H2,1-2H3,(H,29,30)/t16-,17-,24+/m0/s1. The van der Waals surface area contributed by atoms with Gasteiger partial charge in [-0.2, -0.15) is 0 Å². The summed E-state index contributed by atoms with van der Waals surface area (Å²) in [4.78, 5) is 31.9. The Kier molecular flexibility index (Phi) is 5.30. The predicted molar refractivity (Wildman–Crippen MR) is 142 cm³/mol. The summed E-state index contributed by atoms with van der Waals surface area (Å²) in [5.41, 5.74) is 11.5. The number of amidine groups is 1. The Morgan fingerprint density at radius 1 is 1.11 bits per heavy atom. The summed E-state index contributed by atoms with van der Waals surface area (Å²) in [6.07, 6.45) is 8.67. The Bertz CT molecular complexity index is 1350. The lowest BCUT2D eigenvalue weighted by Gasteiger charge is -2.41. The van der Waals surface area contributed by atoms with Crippen LogP contribution in [0.3, 0.4) is 0 Å². The summed E-state index contributed by atoms with van der Waals surface area (Å²) >= 11 is 0. The second-order valence-corrected chi connectivity index (χ2v) is 10.9. The maximum Gasteiger partial charge on any atom is 0.156 e. The fourth-order valence-corrected chi connectivity index (χ4v) is 6.35. The molecule has 4 aliphatic rings. The second-order valence-electron chi connectivity index (χ2n) is 10.9. The fourth-order valence-electron chi connectivity index (χ4n) is 6.35. The van der Waals surface area contributed by atoms with Crippen LogP contribution in [0.4, 0.5) is 11.5 Å². The maximum atomic E-state index is 6.51. The van der Waals surface area contributed by atoms with Gasteiger partial charge in [0.25, 0.3) is 0 Å². The number of hydrogen-bond donors (Lipinski definition) is 2. The van der Waals surface area contributed by atoms with E-state index in [9.17, 15) is 0 Å². The van der Waals surface area contributed by atoms with Gasteiger partial charge in [-0.25, -0.2) is 19.9 Å². The van der Waals surface area contributed by atoms with Crippen LogP contribution in [0.15, 0.2) is 35.7 Å². The number of imidazole rings is 1. The Balaban J connectivity index is 1.12. The molecule has 0 saturated carbocycles. The van der Waals surface area contributed by atoms with E-state index in [1.54, 1.807) is 6.20 Å². The van der Waals surface area contributed by atoms with Crippen LogP contribution in [0, 0.1) is 5.41 Å². The van der Waals surface area contributed by atoms with Gasteiger partial charge in [-0.3, -0.25) is 4.99 Å². The van der Waals surface area contributed by atoms with Gasteiger partial charge in [-0.15, -0.1) is 0 Å². The topological polar surface area (TPSA) is 121 Å². The van der Waals surface area contributed by atoms with Crippen LogP contribution in [-0.2, 0) is 11.3 Å². The lowest BCUT2D eigenvalue weighted by Crippen LogP contribution is -2.50. The van der Waals surface area contributed by atoms with E-state index in [0.29, 0.717) is 12.5 Å². The number of nitrogens with zero attached hydrogens (tertiary/aromatic N) is 7. The second kappa shape index (κ2) is 8.59. The minimum Gasteiger partial charge on any atom is -0.376 e. The van der Waals surface area contributed by atoms with Crippen LogP contribution in [0.5, 0.6) is 0 Å². The number of piperidine rings is 1. The van der Waals surface area contributed by atoms with E-state index < -0.39 is 0 Å². The molecule has 0 radical (unpaired) electrons. The molecule has 0 aliphatic carbocycles. The third-order valence-corrected chi connectivity index (χ3v) is 8.79. The largest absolute Gasteiger partial charge is 0.376 e. The normalized spacial score (nSPS) is 26.4. The molecule has 37 heavy (non-hydrogen) atoms. The van der Waals surface area contributed by atoms with E-state index in [0.717, 1.165) is 91.4 Å². The monoisotopic (exact) mass is 499 g/mol. The molecule has 10 heteroatoms.